The Kier molecular flexibility index (Phi) is 7.36. The van der Waals surface area contributed by atoms with E-state index in [4.69, 9.17) is 33.3 Å². The zero-order valence-electron chi connectivity index (χ0n) is 16.3. The average Bonchev–Trinajstić information content (AvgIpc) is 2.98. The number of hydrogen-bond donors (Lipinski definition) is 1. The number of thioether (sulfide) groups is 1. The van der Waals surface area contributed by atoms with Gasteiger partial charge in [-0.1, -0.05) is 23.4 Å². The van der Waals surface area contributed by atoms with Crippen LogP contribution >= 0.6 is 35.6 Å². The molecule has 156 valence electrons. The summed E-state index contributed by atoms with van der Waals surface area (Å²) in [5.41, 5.74) is 3.62. The third-order valence-electron chi connectivity index (χ3n) is 4.00. The zero-order valence-corrected chi connectivity index (χ0v) is 18.7. The van der Waals surface area contributed by atoms with E-state index in [9.17, 15) is 9.59 Å². The number of ether oxygens (including phenoxy) is 2. The van der Waals surface area contributed by atoms with E-state index in [2.05, 4.69) is 5.43 Å². The molecule has 0 radical (unpaired) electrons. The van der Waals surface area contributed by atoms with E-state index in [1.54, 1.807) is 42.5 Å². The van der Waals surface area contributed by atoms with Crippen LogP contribution in [0.25, 0.3) is 6.08 Å². The minimum absolute atomic E-state index is 0.234. The molecule has 2 amide bonds. The predicted octanol–water partition coefficient (Wildman–Crippen LogP) is 4.68. The third-order valence-corrected chi connectivity index (χ3v) is 5.55. The van der Waals surface area contributed by atoms with Gasteiger partial charge in [0.1, 0.15) is 11.5 Å². The average molecular weight is 463 g/mol. The molecule has 0 spiro atoms. The fourth-order valence-electron chi connectivity index (χ4n) is 2.64. The van der Waals surface area contributed by atoms with Crippen LogP contribution in [0.4, 0.5) is 0 Å². The van der Waals surface area contributed by atoms with Gasteiger partial charge < -0.3 is 9.47 Å². The van der Waals surface area contributed by atoms with Crippen molar-refractivity contribution in [3.8, 4) is 11.5 Å². The maximum absolute atomic E-state index is 12.8. The SMILES string of the molecule is CCOc1ccc(/C=C2/SC(=S)N(NC(=O)c3ccc(Cl)cc3)C2=O)c(OCC)c1. The number of hydrogen-bond acceptors (Lipinski definition) is 6. The number of rotatable bonds is 7. The van der Waals surface area contributed by atoms with Crippen molar-refractivity contribution in [1.29, 1.82) is 0 Å². The summed E-state index contributed by atoms with van der Waals surface area (Å²) in [4.78, 5) is 25.6. The monoisotopic (exact) mass is 462 g/mol. The molecule has 6 nitrogen and oxygen atoms in total. The maximum atomic E-state index is 12.8. The molecule has 9 heteroatoms. The van der Waals surface area contributed by atoms with E-state index >= 15 is 0 Å². The molecular formula is C21H19ClN2O4S2. The number of halogens is 1. The molecule has 0 saturated carbocycles. The number of nitrogens with zero attached hydrogens (tertiary/aromatic N) is 1. The van der Waals surface area contributed by atoms with E-state index in [0.29, 0.717) is 45.8 Å². The van der Waals surface area contributed by atoms with Crippen LogP contribution in [0.1, 0.15) is 29.8 Å². The minimum Gasteiger partial charge on any atom is -0.494 e. The summed E-state index contributed by atoms with van der Waals surface area (Å²) >= 11 is 12.2. The highest BCUT2D eigenvalue weighted by Crippen LogP contribution is 2.34. The smallest absolute Gasteiger partial charge is 0.285 e. The highest BCUT2D eigenvalue weighted by Gasteiger charge is 2.34. The molecule has 0 aromatic heterocycles. The van der Waals surface area contributed by atoms with Gasteiger partial charge in [-0.3, -0.25) is 15.0 Å². The van der Waals surface area contributed by atoms with Gasteiger partial charge in [0, 0.05) is 22.2 Å². The first-order valence-corrected chi connectivity index (χ1v) is 10.8. The summed E-state index contributed by atoms with van der Waals surface area (Å²) in [6, 6.07) is 11.7. The maximum Gasteiger partial charge on any atom is 0.285 e. The second-order valence-electron chi connectivity index (χ2n) is 6.03. The second-order valence-corrected chi connectivity index (χ2v) is 8.14. The summed E-state index contributed by atoms with van der Waals surface area (Å²) in [6.45, 7) is 4.78. The first-order valence-electron chi connectivity index (χ1n) is 9.17. The Morgan fingerprint density at radius 3 is 2.53 bits per heavy atom. The van der Waals surface area contributed by atoms with Crippen LogP contribution in [0.2, 0.25) is 5.02 Å². The first-order chi connectivity index (χ1) is 14.4. The van der Waals surface area contributed by atoms with Gasteiger partial charge in [-0.15, -0.1) is 0 Å². The van der Waals surface area contributed by atoms with Gasteiger partial charge in [-0.25, -0.2) is 0 Å². The van der Waals surface area contributed by atoms with Crippen molar-refractivity contribution in [2.45, 2.75) is 13.8 Å². The van der Waals surface area contributed by atoms with Crippen molar-refractivity contribution in [3.63, 3.8) is 0 Å². The Morgan fingerprint density at radius 2 is 1.87 bits per heavy atom. The number of thiocarbonyl (C=S) groups is 1. The summed E-state index contributed by atoms with van der Waals surface area (Å²) < 4.78 is 11.4. The zero-order chi connectivity index (χ0) is 21.7. The first kappa shape index (κ1) is 22.1. The minimum atomic E-state index is -0.458. The summed E-state index contributed by atoms with van der Waals surface area (Å²) in [7, 11) is 0. The Labute approximate surface area is 189 Å². The molecule has 0 bridgehead atoms. The van der Waals surface area contributed by atoms with Crippen LogP contribution in [0.3, 0.4) is 0 Å². The summed E-state index contributed by atoms with van der Waals surface area (Å²) in [6.07, 6.45) is 1.69. The van der Waals surface area contributed by atoms with E-state index in [1.165, 1.54) is 0 Å². The van der Waals surface area contributed by atoms with E-state index in [1.807, 2.05) is 19.9 Å². The highest BCUT2D eigenvalue weighted by atomic mass is 35.5. The summed E-state index contributed by atoms with van der Waals surface area (Å²) in [5.74, 6) is 0.406. The fourth-order valence-corrected chi connectivity index (χ4v) is 3.94. The molecule has 1 aliphatic rings. The molecule has 1 saturated heterocycles. The third kappa shape index (κ3) is 5.13. The quantitative estimate of drug-likeness (QED) is 0.476. The molecule has 1 N–H and O–H groups in total. The van der Waals surface area contributed by atoms with Gasteiger partial charge in [-0.05, 0) is 68.5 Å². The second kappa shape index (κ2) is 9.97. The molecule has 0 aliphatic carbocycles. The lowest BCUT2D eigenvalue weighted by molar-refractivity contribution is -0.123. The molecule has 3 rings (SSSR count). The van der Waals surface area contributed by atoms with E-state index in [0.717, 1.165) is 16.8 Å². The number of carbonyl (C=O) groups excluding carboxylic acids is 2. The van der Waals surface area contributed by atoms with E-state index < -0.39 is 11.8 Å². The van der Waals surface area contributed by atoms with Crippen molar-refractivity contribution in [3.05, 3.63) is 63.5 Å². The molecular weight excluding hydrogens is 444 g/mol. The molecule has 2 aromatic rings. The van der Waals surface area contributed by atoms with Gasteiger partial charge >= 0.3 is 0 Å². The van der Waals surface area contributed by atoms with Crippen LogP contribution in [0.15, 0.2) is 47.4 Å². The standard InChI is InChI=1S/C21H19ClN2O4S2/c1-3-27-16-10-7-14(17(12-16)28-4-2)11-18-20(26)24(21(29)30-18)23-19(25)13-5-8-15(22)9-6-13/h5-12H,3-4H2,1-2H3,(H,23,25)/b18-11+. The predicted molar refractivity (Wildman–Crippen MR) is 123 cm³/mol. The molecule has 1 fully saturated rings. The molecule has 30 heavy (non-hydrogen) atoms. The number of hydrazine groups is 1. The Bertz CT molecular complexity index is 1010. The van der Waals surface area contributed by atoms with Gasteiger partial charge in [0.05, 0.1) is 18.1 Å². The lowest BCUT2D eigenvalue weighted by Gasteiger charge is -2.15. The van der Waals surface area contributed by atoms with Crippen molar-refractivity contribution in [2.75, 3.05) is 13.2 Å². The lowest BCUT2D eigenvalue weighted by atomic mass is 10.1. The van der Waals surface area contributed by atoms with Crippen LogP contribution in [-0.2, 0) is 4.79 Å². The van der Waals surface area contributed by atoms with Crippen LogP contribution in [-0.4, -0.2) is 34.4 Å². The molecule has 0 atom stereocenters. The van der Waals surface area contributed by atoms with Crippen LogP contribution in [0.5, 0.6) is 11.5 Å². The number of amides is 2. The highest BCUT2D eigenvalue weighted by molar-refractivity contribution is 8.26. The van der Waals surface area contributed by atoms with Crippen molar-refractivity contribution < 1.29 is 19.1 Å². The molecule has 1 aliphatic heterocycles. The van der Waals surface area contributed by atoms with Crippen molar-refractivity contribution >= 4 is 57.8 Å². The topological polar surface area (TPSA) is 67.9 Å². The van der Waals surface area contributed by atoms with Gasteiger partial charge in [0.25, 0.3) is 11.8 Å². The van der Waals surface area contributed by atoms with Crippen molar-refractivity contribution in [1.82, 2.24) is 10.4 Å². The van der Waals surface area contributed by atoms with E-state index in [-0.39, 0.29) is 4.32 Å². The Morgan fingerprint density at radius 1 is 1.17 bits per heavy atom. The molecule has 2 aromatic carbocycles. The largest absolute Gasteiger partial charge is 0.494 e. The molecule has 1 heterocycles. The summed E-state index contributed by atoms with van der Waals surface area (Å²) in [5, 5.41) is 1.58. The van der Waals surface area contributed by atoms with Crippen LogP contribution in [0, 0.1) is 0 Å². The Hall–Kier alpha value is -2.55. The fraction of sp³-hybridized carbons (Fsp3) is 0.190. The van der Waals surface area contributed by atoms with Gasteiger partial charge in [0.15, 0.2) is 4.32 Å². The number of nitrogens with one attached hydrogen (secondary N) is 1. The number of benzene rings is 2. The number of carbonyl (C=O) groups is 2. The van der Waals surface area contributed by atoms with Crippen molar-refractivity contribution in [2.24, 2.45) is 0 Å². The normalized spacial score (nSPS) is 14.9. The van der Waals surface area contributed by atoms with Gasteiger partial charge in [-0.2, -0.15) is 5.01 Å². The lowest BCUT2D eigenvalue weighted by Crippen LogP contribution is -2.44. The molecule has 0 unspecified atom stereocenters. The Balaban J connectivity index is 1.80. The van der Waals surface area contributed by atoms with Crippen LogP contribution < -0.4 is 14.9 Å². The van der Waals surface area contributed by atoms with Gasteiger partial charge in [0.2, 0.25) is 0 Å².